The molecule has 0 aliphatic carbocycles. The fourth-order valence-electron chi connectivity index (χ4n) is 2.64. The monoisotopic (exact) mass is 408 g/mol. The van der Waals surface area contributed by atoms with Gasteiger partial charge in [0.15, 0.2) is 0 Å². The summed E-state index contributed by atoms with van der Waals surface area (Å²) in [5, 5.41) is 0. The smallest absolute Gasteiger partial charge is 0.241 e. The molecule has 1 aromatic carbocycles. The van der Waals surface area contributed by atoms with Gasteiger partial charge in [-0.3, -0.25) is 9.19 Å². The first-order valence-corrected chi connectivity index (χ1v) is 11.5. The van der Waals surface area contributed by atoms with Crippen molar-refractivity contribution in [3.63, 3.8) is 0 Å². The Balaban J connectivity index is 2.48. The van der Waals surface area contributed by atoms with Crippen molar-refractivity contribution >= 4 is 20.8 Å². The van der Waals surface area contributed by atoms with Crippen molar-refractivity contribution in [3.8, 4) is 0 Å². The van der Waals surface area contributed by atoms with Gasteiger partial charge in [0.1, 0.15) is 0 Å². The molecule has 0 bridgehead atoms. The summed E-state index contributed by atoms with van der Waals surface area (Å²) in [6.07, 6.45) is 3.18. The van der Waals surface area contributed by atoms with Crippen LogP contribution in [-0.4, -0.2) is 22.4 Å². The Morgan fingerprint density at radius 3 is 2.19 bits per heavy atom. The van der Waals surface area contributed by atoms with Gasteiger partial charge in [0.25, 0.3) is 0 Å². The highest BCUT2D eigenvalue weighted by Crippen LogP contribution is 2.31. The van der Waals surface area contributed by atoms with Crippen molar-refractivity contribution < 1.29 is 12.6 Å². The van der Waals surface area contributed by atoms with Crippen molar-refractivity contribution in [2.45, 2.75) is 62.1 Å². The second-order valence-corrected chi connectivity index (χ2v) is 11.9. The molecule has 0 radical (unpaired) electrons. The number of pyridine rings is 1. The average Bonchev–Trinajstić information content (AvgIpc) is 2.58. The van der Waals surface area contributed by atoms with Crippen LogP contribution in [0.15, 0.2) is 52.5 Å². The van der Waals surface area contributed by atoms with Crippen molar-refractivity contribution in [3.05, 3.63) is 53.9 Å². The maximum Gasteiger partial charge on any atom is 0.241 e. The van der Waals surface area contributed by atoms with E-state index in [1.165, 1.54) is 0 Å². The Morgan fingerprint density at radius 2 is 1.67 bits per heavy atom. The lowest BCUT2D eigenvalue weighted by molar-refractivity contribution is 0.456. The van der Waals surface area contributed by atoms with Gasteiger partial charge in [-0.15, -0.1) is 0 Å². The van der Waals surface area contributed by atoms with Gasteiger partial charge in [0.2, 0.25) is 10.0 Å². The third kappa shape index (κ3) is 5.24. The predicted molar refractivity (Wildman–Crippen MR) is 109 cm³/mol. The van der Waals surface area contributed by atoms with E-state index in [1.807, 2.05) is 41.5 Å². The number of sulfonamides is 1. The number of aromatic nitrogens is 1. The van der Waals surface area contributed by atoms with Gasteiger partial charge >= 0.3 is 0 Å². The number of benzene rings is 1. The Morgan fingerprint density at radius 1 is 1.07 bits per heavy atom. The van der Waals surface area contributed by atoms with Crippen LogP contribution in [0.25, 0.3) is 0 Å². The molecule has 1 N–H and O–H groups in total. The molecule has 0 spiro atoms. The molecule has 1 aromatic heterocycles. The highest BCUT2D eigenvalue weighted by molar-refractivity contribution is 7.89. The molecule has 0 saturated heterocycles. The lowest BCUT2D eigenvalue weighted by atomic mass is 9.98. The zero-order valence-corrected chi connectivity index (χ0v) is 18.3. The number of nitrogens with one attached hydrogen (secondary N) is 1. The van der Waals surface area contributed by atoms with E-state index in [4.69, 9.17) is 0 Å². The van der Waals surface area contributed by atoms with Gasteiger partial charge in [0, 0.05) is 17.1 Å². The van der Waals surface area contributed by atoms with E-state index in [9.17, 15) is 12.6 Å². The zero-order valence-electron chi connectivity index (χ0n) is 16.7. The first-order valence-electron chi connectivity index (χ1n) is 8.88. The Bertz CT molecular complexity index is 915. The van der Waals surface area contributed by atoms with E-state index in [0.717, 1.165) is 5.56 Å². The molecule has 148 valence electrons. The van der Waals surface area contributed by atoms with Crippen LogP contribution in [-0.2, 0) is 20.8 Å². The maximum absolute atomic E-state index is 13.0. The Hall–Kier alpha value is -1.57. The van der Waals surface area contributed by atoms with Crippen molar-refractivity contribution in [2.24, 2.45) is 5.92 Å². The normalized spacial score (nSPS) is 14.9. The van der Waals surface area contributed by atoms with Crippen LogP contribution >= 0.6 is 0 Å². The van der Waals surface area contributed by atoms with Gasteiger partial charge in [0.05, 0.1) is 26.6 Å². The van der Waals surface area contributed by atoms with Crippen LogP contribution in [0.4, 0.5) is 0 Å². The van der Waals surface area contributed by atoms with E-state index < -0.39 is 31.6 Å². The van der Waals surface area contributed by atoms with E-state index in [2.05, 4.69) is 9.71 Å². The van der Waals surface area contributed by atoms with Gasteiger partial charge in [-0.2, -0.15) is 0 Å². The van der Waals surface area contributed by atoms with Gasteiger partial charge in [-0.1, -0.05) is 31.5 Å². The minimum Gasteiger partial charge on any atom is -0.263 e. The van der Waals surface area contributed by atoms with Crippen LogP contribution in [0.1, 0.15) is 51.8 Å². The number of rotatable bonds is 6. The van der Waals surface area contributed by atoms with Crippen LogP contribution in [0.2, 0.25) is 0 Å². The molecule has 0 amide bonds. The predicted octanol–water partition coefficient (Wildman–Crippen LogP) is 3.97. The van der Waals surface area contributed by atoms with E-state index in [1.54, 1.807) is 42.7 Å². The largest absolute Gasteiger partial charge is 0.263 e. The molecule has 0 saturated carbocycles. The molecule has 0 fully saturated rings. The molecule has 7 heteroatoms. The summed E-state index contributed by atoms with van der Waals surface area (Å²) >= 11 is 0. The number of hydrogen-bond acceptors (Lipinski definition) is 4. The summed E-state index contributed by atoms with van der Waals surface area (Å²) in [6.45, 7) is 11.5. The second-order valence-electron chi connectivity index (χ2n) is 7.95. The average molecular weight is 409 g/mol. The number of nitrogens with zero attached hydrogens (tertiary/aromatic N) is 1. The number of hydrogen-bond donors (Lipinski definition) is 1. The second kappa shape index (κ2) is 8.20. The summed E-state index contributed by atoms with van der Waals surface area (Å²) in [5.41, 5.74) is 1.69. The van der Waals surface area contributed by atoms with E-state index in [-0.39, 0.29) is 10.8 Å². The summed E-state index contributed by atoms with van der Waals surface area (Å²) in [6, 6.07) is 7.96. The van der Waals surface area contributed by atoms with Crippen LogP contribution in [0.3, 0.4) is 0 Å². The summed E-state index contributed by atoms with van der Waals surface area (Å²) < 4.78 is 41.1. The molecule has 1 unspecified atom stereocenters. The molecule has 0 aliphatic heterocycles. The summed E-state index contributed by atoms with van der Waals surface area (Å²) in [5.74, 6) is -0.0386. The van der Waals surface area contributed by atoms with E-state index >= 15 is 0 Å². The molecule has 2 atom stereocenters. The first kappa shape index (κ1) is 21.7. The topological polar surface area (TPSA) is 76.1 Å². The Kier molecular flexibility index (Phi) is 6.60. The molecular formula is C20H28N2O3S2. The molecule has 1 heterocycles. The quantitative estimate of drug-likeness (QED) is 0.785. The van der Waals surface area contributed by atoms with E-state index in [0.29, 0.717) is 10.5 Å². The standard InChI is InChI=1S/C20H28N2O3S2/c1-14(2)19(22-27(24,25)16-9-7-15(3)8-10-16)17-11-12-21-13-18(17)26(23)20(4,5)6/h7-14,19,22H,1-6H3/t19-,26?/m0/s1. The molecule has 2 rings (SSSR count). The highest BCUT2D eigenvalue weighted by Gasteiger charge is 2.30. The van der Waals surface area contributed by atoms with Crippen molar-refractivity contribution in [1.82, 2.24) is 9.71 Å². The fraction of sp³-hybridized carbons (Fsp3) is 0.450. The minimum absolute atomic E-state index is 0.0386. The molecule has 2 aromatic rings. The molecule has 0 aliphatic rings. The maximum atomic E-state index is 13.0. The van der Waals surface area contributed by atoms with Gasteiger partial charge in [-0.25, -0.2) is 13.1 Å². The van der Waals surface area contributed by atoms with Crippen LogP contribution in [0.5, 0.6) is 0 Å². The van der Waals surface area contributed by atoms with Gasteiger partial charge < -0.3 is 0 Å². The summed E-state index contributed by atoms with van der Waals surface area (Å²) in [7, 11) is -5.04. The number of aryl methyl sites for hydroxylation is 1. The molecule has 27 heavy (non-hydrogen) atoms. The minimum atomic E-state index is -3.72. The molecular weight excluding hydrogens is 380 g/mol. The van der Waals surface area contributed by atoms with Gasteiger partial charge in [-0.05, 0) is 57.4 Å². The third-order valence-corrected chi connectivity index (χ3v) is 7.50. The lowest BCUT2D eigenvalue weighted by Crippen LogP contribution is -2.33. The zero-order chi connectivity index (χ0) is 20.4. The fourth-order valence-corrected chi connectivity index (χ4v) is 5.23. The van der Waals surface area contributed by atoms with Crippen molar-refractivity contribution in [1.29, 1.82) is 0 Å². The Labute approximate surface area is 165 Å². The van der Waals surface area contributed by atoms with Crippen LogP contribution in [0, 0.1) is 12.8 Å². The molecule has 5 nitrogen and oxygen atoms in total. The summed E-state index contributed by atoms with van der Waals surface area (Å²) in [4.78, 5) is 4.89. The first-order chi connectivity index (χ1) is 12.4. The van der Waals surface area contributed by atoms with Crippen molar-refractivity contribution in [2.75, 3.05) is 0 Å². The van der Waals surface area contributed by atoms with Crippen LogP contribution < -0.4 is 4.72 Å². The highest BCUT2D eigenvalue weighted by atomic mass is 32.2. The SMILES string of the molecule is Cc1ccc(S(=O)(=O)N[C@H](c2ccncc2S(=O)C(C)(C)C)C(C)C)cc1. The third-order valence-electron chi connectivity index (χ3n) is 4.19. The lowest BCUT2D eigenvalue weighted by Gasteiger charge is -2.27.